The molecule has 0 aliphatic carbocycles. The Bertz CT molecular complexity index is 3070. The van der Waals surface area contributed by atoms with E-state index in [1.165, 1.54) is 51.4 Å². The minimum Gasteiger partial charge on any atom is -1.00 e. The zero-order chi connectivity index (χ0) is 51.5. The average molecular weight is 1200 g/mol. The Morgan fingerprint density at radius 2 is 1.19 bits per heavy atom. The quantitative estimate of drug-likeness (QED) is 0.0329. The fourth-order valence-corrected chi connectivity index (χ4v) is 7.81. The fourth-order valence-electron chi connectivity index (χ4n) is 6.31. The van der Waals surface area contributed by atoms with Crippen LogP contribution < -0.4 is 128 Å². The molecule has 0 aliphatic rings. The van der Waals surface area contributed by atoms with Crippen LogP contribution in [0.5, 0.6) is 17.4 Å². The Labute approximate surface area is 532 Å². The molecular weight excluding hydrogens is 1150 g/mol. The monoisotopic (exact) mass is 1190 g/mol. The Hall–Kier alpha value is -3.68. The van der Waals surface area contributed by atoms with Crippen molar-refractivity contribution in [1.82, 2.24) is 60.0 Å². The van der Waals surface area contributed by atoms with Crippen LogP contribution in [0.2, 0.25) is 20.1 Å². The number of H-pyrrole nitrogens is 1. The van der Waals surface area contributed by atoms with Crippen molar-refractivity contribution < 1.29 is 143 Å². The van der Waals surface area contributed by atoms with Gasteiger partial charge in [0.1, 0.15) is 43.6 Å². The van der Waals surface area contributed by atoms with E-state index in [2.05, 4.69) is 74.2 Å². The van der Waals surface area contributed by atoms with Crippen LogP contribution in [-0.2, 0) is 48.8 Å². The molecule has 0 amide bonds. The molecule has 4 heterocycles. The summed E-state index contributed by atoms with van der Waals surface area (Å²) in [6, 6.07) is 26.0. The van der Waals surface area contributed by atoms with Crippen molar-refractivity contribution in [3.63, 3.8) is 0 Å². The third-order valence-electron chi connectivity index (χ3n) is 9.61. The molecule has 73 heavy (non-hydrogen) atoms. The van der Waals surface area contributed by atoms with Crippen LogP contribution in [0.15, 0.2) is 102 Å². The molecule has 8 aromatic rings. The molecule has 0 atom stereocenters. The van der Waals surface area contributed by atoms with E-state index >= 15 is 0 Å². The molecule has 0 saturated carbocycles. The number of alkyl halides is 1. The number of ketones is 2. The predicted octanol–water partition coefficient (Wildman–Crippen LogP) is 0.673. The Morgan fingerprint density at radius 1 is 0.726 bits per heavy atom. The molecule has 21 nitrogen and oxygen atoms in total. The van der Waals surface area contributed by atoms with Crippen molar-refractivity contribution in [3.8, 4) is 17.4 Å². The zero-order valence-electron chi connectivity index (χ0n) is 41.0. The first-order chi connectivity index (χ1) is 34.2. The van der Waals surface area contributed by atoms with Gasteiger partial charge < -0.3 is 25.8 Å². The van der Waals surface area contributed by atoms with Crippen LogP contribution in [0.1, 0.15) is 55.8 Å². The fraction of sp³-hybridized carbons (Fsp3) is 0.222. The number of aryl methyl sites for hydroxylation is 4. The summed E-state index contributed by atoms with van der Waals surface area (Å²) < 4.78 is 23.1. The summed E-state index contributed by atoms with van der Waals surface area (Å²) in [5.74, 6) is -0.108. The van der Waals surface area contributed by atoms with Crippen LogP contribution in [0.4, 0.5) is 0 Å². The van der Waals surface area contributed by atoms with Gasteiger partial charge in [-0.15, -0.1) is 10.2 Å². The molecule has 0 fully saturated rings. The number of halogens is 5. The van der Waals surface area contributed by atoms with E-state index in [0.717, 1.165) is 10.9 Å². The van der Waals surface area contributed by atoms with Crippen LogP contribution in [0, 0.1) is 13.8 Å². The molecule has 0 bridgehead atoms. The molecule has 4 aromatic carbocycles. The molecule has 1 N–H and O–H groups in total. The first-order valence-corrected chi connectivity index (χ1v) is 23.3. The SMILES string of the molecule is BrCc1ccccc1.Cc1[nH]n(C)c(=O)c1C(=O)c1ccc(Cl)c(OCCn2cnnn2)c1Cl.Cc1nn(C)c(OCc2ccccc2)c1C(=O)c1ccc(Cl)c(OCCn2cnnn2)c1Cl.O=CO[O-].[H-].[K+].[K+]. The first kappa shape index (κ1) is 63.6. The topological polar surface area (TPSA) is 254 Å². The number of nitrogens with one attached hydrogen (secondary N) is 1. The summed E-state index contributed by atoms with van der Waals surface area (Å²) in [6.45, 7) is 4.65. The first-order valence-electron chi connectivity index (χ1n) is 20.7. The molecule has 28 heteroatoms. The molecule has 0 aliphatic heterocycles. The average Bonchev–Trinajstić information content (AvgIpc) is 4.20. The number of benzene rings is 4. The van der Waals surface area contributed by atoms with E-state index in [4.69, 9.17) is 70.7 Å². The summed E-state index contributed by atoms with van der Waals surface area (Å²) in [6.07, 6.45) is 2.91. The zero-order valence-corrected chi connectivity index (χ0v) is 50.9. The Morgan fingerprint density at radius 3 is 1.59 bits per heavy atom. The van der Waals surface area contributed by atoms with Crippen LogP contribution in [-0.4, -0.2) is 91.2 Å². The van der Waals surface area contributed by atoms with Gasteiger partial charge in [0.05, 0.1) is 38.9 Å². The minimum absolute atomic E-state index is 0. The summed E-state index contributed by atoms with van der Waals surface area (Å²) in [5.41, 5.74) is 3.57. The summed E-state index contributed by atoms with van der Waals surface area (Å²) in [5, 5.41) is 38.9. The van der Waals surface area contributed by atoms with Crippen molar-refractivity contribution in [3.05, 3.63) is 173 Å². The number of rotatable bonds is 17. The summed E-state index contributed by atoms with van der Waals surface area (Å²) in [7, 11) is 3.25. The van der Waals surface area contributed by atoms with Gasteiger partial charge >= 0.3 is 103 Å². The smallest absolute Gasteiger partial charge is 1.00 e. The van der Waals surface area contributed by atoms with Gasteiger partial charge in [-0.1, -0.05) is 123 Å². The Kier molecular flexibility index (Phi) is 28.5. The second-order valence-corrected chi connectivity index (χ2v) is 16.6. The van der Waals surface area contributed by atoms with Gasteiger partial charge in [0.25, 0.3) is 12.0 Å². The van der Waals surface area contributed by atoms with Crippen LogP contribution >= 0.6 is 62.3 Å². The molecule has 0 radical (unpaired) electrons. The van der Waals surface area contributed by atoms with Gasteiger partial charge in [0.15, 0.2) is 11.5 Å². The van der Waals surface area contributed by atoms with Crippen molar-refractivity contribution >= 4 is 80.4 Å². The molecule has 374 valence electrons. The number of aromatic amines is 1. The summed E-state index contributed by atoms with van der Waals surface area (Å²) >= 11 is 28.7. The molecular formula is C45H43BrCl4K2N12O9. The van der Waals surface area contributed by atoms with E-state index in [0.29, 0.717) is 42.5 Å². The third-order valence-corrected chi connectivity index (χ3v) is 11.6. The molecule has 0 spiro atoms. The molecule has 4 aromatic heterocycles. The summed E-state index contributed by atoms with van der Waals surface area (Å²) in [4.78, 5) is 49.7. The number of ether oxygens (including phenoxy) is 3. The number of carbonyl (C=O) groups excluding carboxylic acids is 3. The number of aromatic nitrogens is 12. The minimum atomic E-state index is -0.503. The van der Waals surface area contributed by atoms with Gasteiger partial charge in [-0.25, -0.2) is 14.0 Å². The van der Waals surface area contributed by atoms with E-state index in [1.54, 1.807) is 37.7 Å². The standard InChI is InChI=1S/C22H20Cl2N6O3.C15H14Cl2N6O3.C7H7Br.CH2O3.2K.H/c1-14-18(22(29(2)26-14)33-12-15-6-4-3-5-7-15)20(31)16-8-9-17(23)21(19(16)24)32-11-10-30-13-25-27-28-30;1-8-11(15(25)22(2)19-8)13(24)9-3-4-10(16)14(12(9)17)26-6-5-23-7-18-20-21-23;8-6-7-4-2-1-3-5-7;2-1-4-3;;;/h3-9,13H,10-12H2,1-2H3;3-4,7,19H,5-6H2,1-2H3;1-5H,6H2;1,3H;;;/q;;;;2*+1;-1/p-1. The maximum atomic E-state index is 13.5. The predicted molar refractivity (Wildman–Crippen MR) is 263 cm³/mol. The van der Waals surface area contributed by atoms with Crippen LogP contribution in [0.3, 0.4) is 0 Å². The number of hydrogen-bond donors (Lipinski definition) is 1. The largest absolute Gasteiger partial charge is 1.00 e. The second kappa shape index (κ2) is 32.7. The van der Waals surface area contributed by atoms with Crippen molar-refractivity contribution in [2.45, 2.75) is 38.9 Å². The molecule has 8 rings (SSSR count). The van der Waals surface area contributed by atoms with E-state index in [9.17, 15) is 14.4 Å². The second-order valence-electron chi connectivity index (χ2n) is 14.4. The maximum absolute atomic E-state index is 13.5. The number of tetrazole rings is 2. The van der Waals surface area contributed by atoms with Crippen molar-refractivity contribution in [2.24, 2.45) is 14.1 Å². The van der Waals surface area contributed by atoms with Crippen LogP contribution in [0.25, 0.3) is 0 Å². The van der Waals surface area contributed by atoms with Crippen molar-refractivity contribution in [2.75, 3.05) is 13.2 Å². The molecule has 0 unspecified atom stereocenters. The van der Waals surface area contributed by atoms with E-state index in [1.807, 2.05) is 48.5 Å². The Balaban J connectivity index is 0.000000406. The van der Waals surface area contributed by atoms with Gasteiger partial charge in [-0.3, -0.25) is 29.0 Å². The van der Waals surface area contributed by atoms with Gasteiger partial charge in [0.2, 0.25) is 17.4 Å². The maximum Gasteiger partial charge on any atom is 1.00 e. The van der Waals surface area contributed by atoms with Gasteiger partial charge in [-0.2, -0.15) is 5.10 Å². The van der Waals surface area contributed by atoms with Gasteiger partial charge in [-0.05, 0) is 70.1 Å². The van der Waals surface area contributed by atoms with Gasteiger partial charge in [0, 0.05) is 36.2 Å². The normalized spacial score (nSPS) is 10.1. The number of nitrogens with zero attached hydrogens (tertiary/aromatic N) is 11. The molecule has 0 saturated heterocycles. The number of carbonyl (C=O) groups is 3. The van der Waals surface area contributed by atoms with E-state index in [-0.39, 0.29) is 178 Å². The third kappa shape index (κ3) is 18.3. The van der Waals surface area contributed by atoms with E-state index < -0.39 is 11.3 Å². The number of hydrogen-bond acceptors (Lipinski definition) is 16. The van der Waals surface area contributed by atoms with Crippen molar-refractivity contribution in [1.29, 1.82) is 0 Å².